The van der Waals surface area contributed by atoms with Crippen molar-refractivity contribution in [2.45, 2.75) is 19.4 Å². The third-order valence-corrected chi connectivity index (χ3v) is 3.55. The lowest BCUT2D eigenvalue weighted by Crippen LogP contribution is -2.14. The molecule has 0 amide bonds. The van der Waals surface area contributed by atoms with Crippen LogP contribution in [0.3, 0.4) is 0 Å². The van der Waals surface area contributed by atoms with Crippen LogP contribution < -0.4 is 0 Å². The van der Waals surface area contributed by atoms with E-state index in [2.05, 4.69) is 36.0 Å². The van der Waals surface area contributed by atoms with Gasteiger partial charge in [0.05, 0.1) is 16.6 Å². The second-order valence-corrected chi connectivity index (χ2v) is 5.39. The molecule has 1 aromatic heterocycles. The normalized spacial score (nSPS) is 16.6. The quantitative estimate of drug-likeness (QED) is 0.704. The summed E-state index contributed by atoms with van der Waals surface area (Å²) in [5.74, 6) is 1.15. The van der Waals surface area contributed by atoms with Crippen molar-refractivity contribution in [3.63, 3.8) is 0 Å². The summed E-state index contributed by atoms with van der Waals surface area (Å²) in [4.78, 5) is 8.39. The molecule has 0 radical (unpaired) electrons. The molecule has 1 aliphatic heterocycles. The van der Waals surface area contributed by atoms with Crippen molar-refractivity contribution in [1.29, 1.82) is 0 Å². The van der Waals surface area contributed by atoms with Gasteiger partial charge in [0.15, 0.2) is 0 Å². The van der Waals surface area contributed by atoms with E-state index in [0.29, 0.717) is 0 Å². The van der Waals surface area contributed by atoms with Gasteiger partial charge in [0.1, 0.15) is 0 Å². The molecular formula is C14H16N2S. The SMILES string of the molecule is CC1(C)CSC=N1.c1ccc2ncccc2c1. The average Bonchev–Trinajstić information content (AvgIpc) is 2.75. The molecule has 0 aliphatic carbocycles. The fourth-order valence-corrected chi connectivity index (χ4v) is 2.39. The van der Waals surface area contributed by atoms with Crippen LogP contribution in [0.2, 0.25) is 0 Å². The van der Waals surface area contributed by atoms with Crippen LogP contribution in [0.5, 0.6) is 0 Å². The first kappa shape index (κ1) is 12.1. The average molecular weight is 244 g/mol. The molecule has 17 heavy (non-hydrogen) atoms. The molecule has 2 nitrogen and oxygen atoms in total. The van der Waals surface area contributed by atoms with Crippen molar-refractivity contribution in [2.24, 2.45) is 4.99 Å². The van der Waals surface area contributed by atoms with Gasteiger partial charge in [-0.25, -0.2) is 0 Å². The lowest BCUT2D eigenvalue weighted by atomic mass is 10.1. The maximum Gasteiger partial charge on any atom is 0.0701 e. The topological polar surface area (TPSA) is 25.2 Å². The molecule has 1 aliphatic rings. The summed E-state index contributed by atoms with van der Waals surface area (Å²) in [6.07, 6.45) is 1.81. The van der Waals surface area contributed by atoms with Crippen LogP contribution in [0, 0.1) is 0 Å². The maximum absolute atomic E-state index is 4.21. The Bertz CT molecular complexity index is 455. The molecule has 0 saturated heterocycles. The van der Waals surface area contributed by atoms with Crippen molar-refractivity contribution < 1.29 is 0 Å². The van der Waals surface area contributed by atoms with Crippen LogP contribution in [-0.4, -0.2) is 21.8 Å². The Kier molecular flexibility index (Phi) is 3.79. The van der Waals surface area contributed by atoms with E-state index in [1.54, 1.807) is 11.8 Å². The van der Waals surface area contributed by atoms with Gasteiger partial charge >= 0.3 is 0 Å². The number of aliphatic imine (C=N–C) groups is 1. The molecule has 0 bridgehead atoms. The predicted molar refractivity (Wildman–Crippen MR) is 76.8 cm³/mol. The Balaban J connectivity index is 0.000000136. The Morgan fingerprint density at radius 2 is 1.88 bits per heavy atom. The number of benzene rings is 1. The molecule has 88 valence electrons. The summed E-state index contributed by atoms with van der Waals surface area (Å²) < 4.78 is 0. The summed E-state index contributed by atoms with van der Waals surface area (Å²) >= 11 is 1.79. The number of thioether (sulfide) groups is 1. The van der Waals surface area contributed by atoms with Gasteiger partial charge in [0, 0.05) is 17.3 Å². The standard InChI is InChI=1S/C9H7N.C5H9NS/c1-2-6-9-8(4-1)5-3-7-10-9;1-5(2)3-7-4-6-5/h1-7H;4H,3H2,1-2H3. The number of rotatable bonds is 0. The summed E-state index contributed by atoms with van der Waals surface area (Å²) in [7, 11) is 0. The van der Waals surface area contributed by atoms with E-state index in [9.17, 15) is 0 Å². The molecule has 0 fully saturated rings. The third-order valence-electron chi connectivity index (χ3n) is 2.43. The zero-order valence-electron chi connectivity index (χ0n) is 10.1. The number of nitrogens with zero attached hydrogens (tertiary/aromatic N) is 2. The number of hydrogen-bond donors (Lipinski definition) is 0. The van der Waals surface area contributed by atoms with Crippen LogP contribution in [0.1, 0.15) is 13.8 Å². The first-order valence-corrected chi connectivity index (χ1v) is 6.67. The largest absolute Gasteiger partial charge is 0.279 e. The molecule has 3 rings (SSSR count). The number of pyridine rings is 1. The third kappa shape index (κ3) is 3.56. The van der Waals surface area contributed by atoms with Gasteiger partial charge in [0.25, 0.3) is 0 Å². The van der Waals surface area contributed by atoms with Gasteiger partial charge < -0.3 is 0 Å². The number of hydrogen-bond acceptors (Lipinski definition) is 3. The minimum Gasteiger partial charge on any atom is -0.279 e. The first-order chi connectivity index (χ1) is 8.17. The van der Waals surface area contributed by atoms with Crippen LogP contribution in [0.25, 0.3) is 10.9 Å². The second kappa shape index (κ2) is 5.32. The minimum absolute atomic E-state index is 0.227. The smallest absolute Gasteiger partial charge is 0.0701 e. The van der Waals surface area contributed by atoms with Crippen molar-refractivity contribution >= 4 is 28.2 Å². The Labute approximate surface area is 106 Å². The van der Waals surface area contributed by atoms with Gasteiger partial charge in [-0.1, -0.05) is 24.3 Å². The number of fused-ring (bicyclic) bond motifs is 1. The highest BCUT2D eigenvalue weighted by Crippen LogP contribution is 2.21. The molecule has 0 atom stereocenters. The van der Waals surface area contributed by atoms with E-state index >= 15 is 0 Å². The first-order valence-electron chi connectivity index (χ1n) is 5.62. The molecule has 1 aromatic carbocycles. The summed E-state index contributed by atoms with van der Waals surface area (Å²) in [5, 5.41) is 1.20. The van der Waals surface area contributed by atoms with Crippen LogP contribution in [0.15, 0.2) is 47.6 Å². The Hall–Kier alpha value is -1.35. The molecule has 2 heterocycles. The zero-order valence-corrected chi connectivity index (χ0v) is 10.9. The maximum atomic E-state index is 4.21. The fraction of sp³-hybridized carbons (Fsp3) is 0.286. The van der Waals surface area contributed by atoms with Crippen LogP contribution in [-0.2, 0) is 0 Å². The minimum atomic E-state index is 0.227. The molecule has 0 N–H and O–H groups in total. The highest BCUT2D eigenvalue weighted by molar-refractivity contribution is 8.12. The molecule has 0 spiro atoms. The molecule has 0 unspecified atom stereocenters. The van der Waals surface area contributed by atoms with E-state index in [0.717, 1.165) is 11.3 Å². The summed E-state index contributed by atoms with van der Waals surface area (Å²) in [6, 6.07) is 12.1. The summed E-state index contributed by atoms with van der Waals surface area (Å²) in [6.45, 7) is 4.28. The van der Waals surface area contributed by atoms with Gasteiger partial charge in [-0.3, -0.25) is 9.98 Å². The van der Waals surface area contributed by atoms with E-state index < -0.39 is 0 Å². The van der Waals surface area contributed by atoms with Crippen molar-refractivity contribution in [1.82, 2.24) is 4.98 Å². The van der Waals surface area contributed by atoms with Gasteiger partial charge in [-0.15, -0.1) is 11.8 Å². The lowest BCUT2D eigenvalue weighted by molar-refractivity contribution is 0.606. The van der Waals surface area contributed by atoms with E-state index in [4.69, 9.17) is 0 Å². The van der Waals surface area contributed by atoms with E-state index in [-0.39, 0.29) is 5.54 Å². The molecular weight excluding hydrogens is 228 g/mol. The zero-order chi connectivity index (χ0) is 12.1. The monoisotopic (exact) mass is 244 g/mol. The van der Waals surface area contributed by atoms with Crippen molar-refractivity contribution in [3.8, 4) is 0 Å². The highest BCUT2D eigenvalue weighted by Gasteiger charge is 2.18. The Morgan fingerprint density at radius 1 is 1.12 bits per heavy atom. The second-order valence-electron chi connectivity index (χ2n) is 4.55. The predicted octanol–water partition coefficient (Wildman–Crippen LogP) is 3.77. The number of aromatic nitrogens is 1. The van der Waals surface area contributed by atoms with E-state index in [1.807, 2.05) is 36.0 Å². The number of para-hydroxylation sites is 1. The van der Waals surface area contributed by atoms with Gasteiger partial charge in [-0.2, -0.15) is 0 Å². The fourth-order valence-electron chi connectivity index (χ4n) is 1.47. The van der Waals surface area contributed by atoms with Crippen LogP contribution >= 0.6 is 11.8 Å². The van der Waals surface area contributed by atoms with Gasteiger partial charge in [0.2, 0.25) is 0 Å². The summed E-state index contributed by atoms with van der Waals surface area (Å²) in [5.41, 5.74) is 3.22. The van der Waals surface area contributed by atoms with E-state index in [1.165, 1.54) is 5.39 Å². The Morgan fingerprint density at radius 3 is 2.47 bits per heavy atom. The molecule has 0 saturated carbocycles. The van der Waals surface area contributed by atoms with Gasteiger partial charge in [-0.05, 0) is 26.0 Å². The highest BCUT2D eigenvalue weighted by atomic mass is 32.2. The van der Waals surface area contributed by atoms with Crippen molar-refractivity contribution in [3.05, 3.63) is 42.6 Å². The molecule has 3 heteroatoms. The van der Waals surface area contributed by atoms with Crippen molar-refractivity contribution in [2.75, 3.05) is 5.75 Å². The molecule has 2 aromatic rings. The van der Waals surface area contributed by atoms with Crippen LogP contribution in [0.4, 0.5) is 0 Å². The lowest BCUT2D eigenvalue weighted by Gasteiger charge is -2.09.